The van der Waals surface area contributed by atoms with Crippen LogP contribution in [0.15, 0.2) is 187 Å². The standard InChI is InChI=1S/C56H36N2OS/c1-56(2)48-18-8-7-16-40(48)41-24-22-35(30-49(41)56)58(51-20-11-17-42-45-28-33(50-19-9-10-27-57-50)21-25-52(45)59-55(42)51)34-23-26-53-46(29-34)47-31-43-38-14-5-3-12-36(38)37-13-4-6-15-39(37)44(43)32-54(47)60-53/h3-32H,1-2H3. The largest absolute Gasteiger partial charge is 0.454 e. The first-order valence-electron chi connectivity index (χ1n) is 20.6. The van der Waals surface area contributed by atoms with Crippen molar-refractivity contribution in [2.24, 2.45) is 0 Å². The number of aromatic nitrogens is 1. The van der Waals surface area contributed by atoms with E-state index in [2.05, 4.69) is 188 Å². The van der Waals surface area contributed by atoms with Crippen molar-refractivity contribution in [2.45, 2.75) is 19.3 Å². The van der Waals surface area contributed by atoms with Gasteiger partial charge >= 0.3 is 0 Å². The molecule has 60 heavy (non-hydrogen) atoms. The summed E-state index contributed by atoms with van der Waals surface area (Å²) in [4.78, 5) is 7.06. The summed E-state index contributed by atoms with van der Waals surface area (Å²) < 4.78 is 9.45. The van der Waals surface area contributed by atoms with E-state index in [-0.39, 0.29) is 5.41 Å². The molecular formula is C56H36N2OS. The molecule has 12 aromatic rings. The van der Waals surface area contributed by atoms with E-state index in [9.17, 15) is 0 Å². The lowest BCUT2D eigenvalue weighted by molar-refractivity contribution is 0.660. The second-order valence-corrected chi connectivity index (χ2v) is 17.8. The quantitative estimate of drug-likeness (QED) is 0.166. The van der Waals surface area contributed by atoms with Gasteiger partial charge in [0.2, 0.25) is 0 Å². The van der Waals surface area contributed by atoms with E-state index in [0.29, 0.717) is 0 Å². The van der Waals surface area contributed by atoms with Crippen molar-refractivity contribution in [3.05, 3.63) is 193 Å². The number of hydrogen-bond acceptors (Lipinski definition) is 4. The minimum atomic E-state index is -0.150. The Bertz CT molecular complexity index is 3760. The smallest absolute Gasteiger partial charge is 0.159 e. The fourth-order valence-electron chi connectivity index (χ4n) is 10.2. The molecule has 0 saturated heterocycles. The molecule has 1 aliphatic rings. The molecule has 0 bridgehead atoms. The van der Waals surface area contributed by atoms with Gasteiger partial charge in [-0.05, 0) is 133 Å². The maximum atomic E-state index is 6.89. The molecule has 3 aromatic heterocycles. The fraction of sp³-hybridized carbons (Fsp3) is 0.0536. The Morgan fingerprint density at radius 1 is 0.467 bits per heavy atom. The Kier molecular flexibility index (Phi) is 6.94. The first-order chi connectivity index (χ1) is 29.5. The van der Waals surface area contributed by atoms with Gasteiger partial charge in [0.1, 0.15) is 5.58 Å². The zero-order valence-corrected chi connectivity index (χ0v) is 33.8. The van der Waals surface area contributed by atoms with Gasteiger partial charge in [-0.25, -0.2) is 0 Å². The van der Waals surface area contributed by atoms with Crippen LogP contribution in [-0.4, -0.2) is 4.98 Å². The number of para-hydroxylation sites is 1. The maximum Gasteiger partial charge on any atom is 0.159 e. The molecule has 0 fully saturated rings. The topological polar surface area (TPSA) is 29.3 Å². The van der Waals surface area contributed by atoms with Crippen LogP contribution < -0.4 is 4.90 Å². The van der Waals surface area contributed by atoms with Crippen molar-refractivity contribution in [2.75, 3.05) is 4.90 Å². The van der Waals surface area contributed by atoms with E-state index < -0.39 is 0 Å². The summed E-state index contributed by atoms with van der Waals surface area (Å²) in [5.74, 6) is 0. The van der Waals surface area contributed by atoms with Gasteiger partial charge in [0, 0.05) is 59.5 Å². The van der Waals surface area contributed by atoms with Crippen LogP contribution in [0.25, 0.3) is 96.8 Å². The molecule has 4 heteroatoms. The van der Waals surface area contributed by atoms with Crippen LogP contribution >= 0.6 is 11.3 Å². The number of rotatable bonds is 4. The van der Waals surface area contributed by atoms with Gasteiger partial charge < -0.3 is 9.32 Å². The predicted molar refractivity (Wildman–Crippen MR) is 255 cm³/mol. The lowest BCUT2D eigenvalue weighted by Crippen LogP contribution is -2.16. The zero-order chi connectivity index (χ0) is 39.7. The van der Waals surface area contributed by atoms with E-state index in [1.54, 1.807) is 0 Å². The predicted octanol–water partition coefficient (Wildman–Crippen LogP) is 16.3. The van der Waals surface area contributed by atoms with Crippen molar-refractivity contribution >= 4 is 103 Å². The number of hydrogen-bond donors (Lipinski definition) is 0. The highest BCUT2D eigenvalue weighted by Crippen LogP contribution is 2.52. The highest BCUT2D eigenvalue weighted by atomic mass is 32.1. The van der Waals surface area contributed by atoms with Gasteiger partial charge in [-0.2, -0.15) is 0 Å². The molecule has 9 aromatic carbocycles. The molecule has 0 amide bonds. The van der Waals surface area contributed by atoms with Crippen LogP contribution in [0.4, 0.5) is 17.1 Å². The average Bonchev–Trinajstić information content (AvgIpc) is 3.93. The summed E-state index contributed by atoms with van der Waals surface area (Å²) in [5.41, 5.74) is 12.1. The number of benzene rings is 9. The Balaban J connectivity index is 1.06. The van der Waals surface area contributed by atoms with E-state index in [4.69, 9.17) is 4.42 Å². The first-order valence-corrected chi connectivity index (χ1v) is 21.4. The highest BCUT2D eigenvalue weighted by Gasteiger charge is 2.36. The lowest BCUT2D eigenvalue weighted by Gasteiger charge is -2.28. The van der Waals surface area contributed by atoms with Gasteiger partial charge in [0.05, 0.1) is 11.4 Å². The molecule has 0 radical (unpaired) electrons. The molecule has 0 unspecified atom stereocenters. The number of anilines is 3. The van der Waals surface area contributed by atoms with Crippen molar-refractivity contribution in [1.82, 2.24) is 4.98 Å². The molecule has 0 aliphatic heterocycles. The molecule has 3 heterocycles. The van der Waals surface area contributed by atoms with Crippen molar-refractivity contribution in [1.29, 1.82) is 0 Å². The molecular weight excluding hydrogens is 749 g/mol. The van der Waals surface area contributed by atoms with Crippen LogP contribution in [0.2, 0.25) is 0 Å². The van der Waals surface area contributed by atoms with E-state index in [1.807, 2.05) is 29.7 Å². The van der Waals surface area contributed by atoms with Crippen LogP contribution in [0.3, 0.4) is 0 Å². The van der Waals surface area contributed by atoms with E-state index in [0.717, 1.165) is 50.3 Å². The molecule has 13 rings (SSSR count). The Morgan fingerprint density at radius 3 is 1.93 bits per heavy atom. The van der Waals surface area contributed by atoms with E-state index in [1.165, 1.54) is 74.7 Å². The molecule has 0 spiro atoms. The normalized spacial score (nSPS) is 13.3. The number of furan rings is 1. The second kappa shape index (κ2) is 12.4. The minimum Gasteiger partial charge on any atom is -0.454 e. The first kappa shape index (κ1) is 33.7. The summed E-state index contributed by atoms with van der Waals surface area (Å²) in [6.07, 6.45) is 1.85. The van der Waals surface area contributed by atoms with Gasteiger partial charge in [0.15, 0.2) is 5.58 Å². The lowest BCUT2D eigenvalue weighted by atomic mass is 9.82. The van der Waals surface area contributed by atoms with Crippen LogP contribution in [-0.2, 0) is 5.41 Å². The van der Waals surface area contributed by atoms with Crippen molar-refractivity contribution in [3.8, 4) is 22.4 Å². The van der Waals surface area contributed by atoms with Gasteiger partial charge in [-0.1, -0.05) is 111 Å². The summed E-state index contributed by atoms with van der Waals surface area (Å²) in [5, 5.41) is 12.4. The number of nitrogens with zero attached hydrogens (tertiary/aromatic N) is 2. The van der Waals surface area contributed by atoms with Gasteiger partial charge in [0.25, 0.3) is 0 Å². The Hall–Kier alpha value is -7.27. The second-order valence-electron chi connectivity index (χ2n) is 16.7. The molecule has 3 nitrogen and oxygen atoms in total. The molecule has 0 atom stereocenters. The Labute approximate surface area is 350 Å². The third-order valence-corrected chi connectivity index (χ3v) is 14.2. The number of pyridine rings is 1. The van der Waals surface area contributed by atoms with Crippen molar-refractivity contribution in [3.63, 3.8) is 0 Å². The average molecular weight is 785 g/mol. The summed E-state index contributed by atoms with van der Waals surface area (Å²) in [6.45, 7) is 4.71. The fourth-order valence-corrected chi connectivity index (χ4v) is 11.3. The van der Waals surface area contributed by atoms with Gasteiger partial charge in [-0.15, -0.1) is 11.3 Å². The van der Waals surface area contributed by atoms with E-state index >= 15 is 0 Å². The molecule has 282 valence electrons. The number of thiophene rings is 1. The van der Waals surface area contributed by atoms with Crippen molar-refractivity contribution < 1.29 is 4.42 Å². The number of fused-ring (bicyclic) bond motifs is 15. The highest BCUT2D eigenvalue weighted by molar-refractivity contribution is 7.25. The molecule has 0 N–H and O–H groups in total. The van der Waals surface area contributed by atoms with Gasteiger partial charge in [-0.3, -0.25) is 4.98 Å². The molecule has 0 saturated carbocycles. The van der Waals surface area contributed by atoms with Crippen LogP contribution in [0.5, 0.6) is 0 Å². The Morgan fingerprint density at radius 2 is 1.13 bits per heavy atom. The third-order valence-electron chi connectivity index (χ3n) is 13.1. The monoisotopic (exact) mass is 784 g/mol. The summed E-state index contributed by atoms with van der Waals surface area (Å²) >= 11 is 1.87. The summed E-state index contributed by atoms with van der Waals surface area (Å²) in [7, 11) is 0. The minimum absolute atomic E-state index is 0.150. The maximum absolute atomic E-state index is 6.89. The van der Waals surface area contributed by atoms with Crippen LogP contribution in [0, 0.1) is 0 Å². The zero-order valence-electron chi connectivity index (χ0n) is 33.0. The SMILES string of the molecule is CC1(C)c2ccccc2-c2ccc(N(c3ccc4sc5cc6c7ccccc7c7ccccc7c6cc5c4c3)c3cccc4c3oc3ccc(-c5ccccn5)cc34)cc21. The van der Waals surface area contributed by atoms with Crippen LogP contribution in [0.1, 0.15) is 25.0 Å². The molecule has 1 aliphatic carbocycles. The third kappa shape index (κ3) is 4.74. The summed E-state index contributed by atoms with van der Waals surface area (Å²) in [6, 6.07) is 64.5.